The van der Waals surface area contributed by atoms with E-state index >= 15 is 0 Å². The molecule has 210 valence electrons. The lowest BCUT2D eigenvalue weighted by Gasteiger charge is -2.59. The highest BCUT2D eigenvalue weighted by Crippen LogP contribution is 2.66. The Morgan fingerprint density at radius 1 is 1.13 bits per heavy atom. The van der Waals surface area contributed by atoms with Crippen LogP contribution in [0, 0.1) is 34.5 Å². The molecule has 5 rings (SSSR count). The summed E-state index contributed by atoms with van der Waals surface area (Å²) in [6.07, 6.45) is 6.65. The fraction of sp³-hybridized carbons (Fsp3) is 0.667. The summed E-state index contributed by atoms with van der Waals surface area (Å²) in [5.74, 6) is 0.723. The molecule has 8 atom stereocenters. The molecule has 0 radical (unpaired) electrons. The Balaban J connectivity index is 0.000000219. The van der Waals surface area contributed by atoms with Crippen LogP contribution < -0.4 is 5.32 Å². The van der Waals surface area contributed by atoms with Gasteiger partial charge in [-0.1, -0.05) is 25.5 Å². The molecule has 0 amide bonds. The number of rotatable bonds is 5. The minimum absolute atomic E-state index is 0.0541. The second-order valence-electron chi connectivity index (χ2n) is 12.2. The van der Waals surface area contributed by atoms with E-state index in [1.807, 2.05) is 6.08 Å². The topological polar surface area (TPSA) is 147 Å². The number of aliphatic hydroxyl groups is 3. The predicted octanol–water partition coefficient (Wildman–Crippen LogP) is 3.02. The Kier molecular flexibility index (Phi) is 8.38. The number of carbonyl (C=O) groups is 2. The van der Waals surface area contributed by atoms with Crippen molar-refractivity contribution < 1.29 is 35.1 Å². The van der Waals surface area contributed by atoms with E-state index in [2.05, 4.69) is 19.2 Å². The molecular weight excluding hydrogens is 486 g/mol. The number of Topliss-reactive ketones (excluding diaryl/α,β-unsaturated/α-hetero) is 1. The Labute approximate surface area is 224 Å². The van der Waals surface area contributed by atoms with Crippen molar-refractivity contribution in [1.29, 1.82) is 0 Å². The lowest BCUT2D eigenvalue weighted by molar-refractivity contribution is -0.146. The van der Waals surface area contributed by atoms with Gasteiger partial charge in [0.1, 0.15) is 6.61 Å². The summed E-state index contributed by atoms with van der Waals surface area (Å²) in [7, 11) is 1.73. The van der Waals surface area contributed by atoms with Crippen LogP contribution in [0.15, 0.2) is 29.8 Å². The number of phenolic OH excluding ortho intramolecular Hbond substituents is 2. The standard InChI is InChI=1S/C21H30O4.C9H13NO3/c1-20-8-7-13(23)9-12(20)3-4-14-15-5-6-16(18(25)11-22)21(15,2)10-17(24)19(14)20;1-10-5-9(13)6-2-3-7(11)8(12)4-6/h9,14-17,19,22,24H,3-8,10-11H2,1-2H3;2-4,9-13H,5H2,1H3/t14-,15-,16+,17-,19+,20-,21-;9-/m00/s1. The SMILES string of the molecule is CNC[C@H](O)c1ccc(O)c(O)c1.C[C@]12C[C@H](O)[C@H]3[C@@H](CCC4=CC(=O)CC[C@@]43C)[C@@H]1CC[C@@H]2C(=O)CO. The fourth-order valence-corrected chi connectivity index (χ4v) is 8.39. The number of hydrogen-bond donors (Lipinski definition) is 6. The molecule has 3 saturated carbocycles. The van der Waals surface area contributed by atoms with Gasteiger partial charge in [-0.15, -0.1) is 0 Å². The number of benzene rings is 1. The van der Waals surface area contributed by atoms with E-state index in [9.17, 15) is 24.9 Å². The lowest BCUT2D eigenvalue weighted by atomic mass is 9.46. The first-order valence-corrected chi connectivity index (χ1v) is 13.9. The number of carbonyl (C=O) groups excluding carboxylic acids is 2. The van der Waals surface area contributed by atoms with E-state index < -0.39 is 12.2 Å². The van der Waals surface area contributed by atoms with Gasteiger partial charge in [-0.2, -0.15) is 0 Å². The van der Waals surface area contributed by atoms with Crippen LogP contribution in [0.2, 0.25) is 0 Å². The second kappa shape index (κ2) is 11.1. The van der Waals surface area contributed by atoms with Gasteiger partial charge < -0.3 is 30.8 Å². The van der Waals surface area contributed by atoms with Gasteiger partial charge in [0, 0.05) is 18.9 Å². The zero-order valence-electron chi connectivity index (χ0n) is 22.7. The summed E-state index contributed by atoms with van der Waals surface area (Å²) in [6.45, 7) is 4.44. The molecule has 4 aliphatic carbocycles. The molecule has 0 unspecified atom stereocenters. The Morgan fingerprint density at radius 2 is 1.87 bits per heavy atom. The number of hydrogen-bond acceptors (Lipinski definition) is 8. The molecule has 0 saturated heterocycles. The number of nitrogens with one attached hydrogen (secondary N) is 1. The molecule has 8 nitrogen and oxygen atoms in total. The molecule has 1 aromatic rings. The average Bonchev–Trinajstić information content (AvgIpc) is 3.22. The van der Waals surface area contributed by atoms with Crippen molar-refractivity contribution in [2.24, 2.45) is 34.5 Å². The smallest absolute Gasteiger partial charge is 0.161 e. The van der Waals surface area contributed by atoms with Crippen LogP contribution in [0.3, 0.4) is 0 Å². The van der Waals surface area contributed by atoms with Gasteiger partial charge in [-0.25, -0.2) is 0 Å². The van der Waals surface area contributed by atoms with Crippen molar-refractivity contribution in [2.75, 3.05) is 20.2 Å². The first-order valence-electron chi connectivity index (χ1n) is 13.9. The fourth-order valence-electron chi connectivity index (χ4n) is 8.39. The molecule has 0 aromatic heterocycles. The van der Waals surface area contributed by atoms with Crippen molar-refractivity contribution in [3.05, 3.63) is 35.4 Å². The van der Waals surface area contributed by atoms with Crippen LogP contribution in [0.5, 0.6) is 11.5 Å². The van der Waals surface area contributed by atoms with Gasteiger partial charge in [-0.05, 0) is 97.9 Å². The summed E-state index contributed by atoms with van der Waals surface area (Å²) in [4.78, 5) is 24.2. The maximum Gasteiger partial charge on any atom is 0.161 e. The van der Waals surface area contributed by atoms with Crippen LogP contribution in [0.25, 0.3) is 0 Å². The monoisotopic (exact) mass is 529 g/mol. The number of ketones is 2. The van der Waals surface area contributed by atoms with Crippen LogP contribution in [0.1, 0.15) is 70.5 Å². The Bertz CT molecular complexity index is 1090. The van der Waals surface area contributed by atoms with Gasteiger partial charge in [0.15, 0.2) is 23.1 Å². The highest BCUT2D eigenvalue weighted by Gasteiger charge is 2.62. The largest absolute Gasteiger partial charge is 0.504 e. The van der Waals surface area contributed by atoms with Crippen LogP contribution in [-0.4, -0.2) is 63.4 Å². The highest BCUT2D eigenvalue weighted by molar-refractivity contribution is 5.91. The maximum absolute atomic E-state index is 12.3. The summed E-state index contributed by atoms with van der Waals surface area (Å²) in [5, 5.41) is 51.0. The van der Waals surface area contributed by atoms with Crippen LogP contribution >= 0.6 is 0 Å². The zero-order chi connectivity index (χ0) is 27.8. The van der Waals surface area contributed by atoms with E-state index in [-0.39, 0.29) is 52.3 Å². The normalized spacial score (nSPS) is 36.6. The first-order chi connectivity index (χ1) is 18.0. The van der Waals surface area contributed by atoms with E-state index in [1.165, 1.54) is 17.7 Å². The molecular formula is C30H43NO7. The van der Waals surface area contributed by atoms with Crippen molar-refractivity contribution >= 4 is 11.6 Å². The minimum atomic E-state index is -0.670. The van der Waals surface area contributed by atoms with Crippen molar-refractivity contribution in [3.63, 3.8) is 0 Å². The third kappa shape index (κ3) is 5.04. The molecule has 0 spiro atoms. The van der Waals surface area contributed by atoms with E-state index in [0.29, 0.717) is 36.8 Å². The van der Waals surface area contributed by atoms with Gasteiger partial charge in [0.05, 0.1) is 12.2 Å². The Morgan fingerprint density at radius 3 is 2.53 bits per heavy atom. The molecule has 0 bridgehead atoms. The summed E-state index contributed by atoms with van der Waals surface area (Å²) < 4.78 is 0. The van der Waals surface area contributed by atoms with Crippen molar-refractivity contribution in [3.8, 4) is 11.5 Å². The zero-order valence-corrected chi connectivity index (χ0v) is 22.7. The number of aliphatic hydroxyl groups excluding tert-OH is 3. The molecule has 8 heteroatoms. The molecule has 6 N–H and O–H groups in total. The van der Waals surface area contributed by atoms with Crippen molar-refractivity contribution in [2.45, 2.75) is 71.0 Å². The molecule has 4 aliphatic rings. The molecule has 1 aromatic carbocycles. The average molecular weight is 530 g/mol. The summed E-state index contributed by atoms with van der Waals surface area (Å²) in [5.41, 5.74) is 1.55. The molecule has 0 heterocycles. The quantitative estimate of drug-likeness (QED) is 0.319. The predicted molar refractivity (Wildman–Crippen MR) is 142 cm³/mol. The van der Waals surface area contributed by atoms with Gasteiger partial charge >= 0.3 is 0 Å². The number of likely N-dealkylation sites (N-methyl/N-ethyl adjacent to an activating group) is 1. The molecule has 0 aliphatic heterocycles. The van der Waals surface area contributed by atoms with Crippen molar-refractivity contribution in [1.82, 2.24) is 5.32 Å². The van der Waals surface area contributed by atoms with Crippen LogP contribution in [0.4, 0.5) is 0 Å². The first kappa shape index (κ1) is 28.7. The van der Waals surface area contributed by atoms with Gasteiger partial charge in [0.2, 0.25) is 0 Å². The minimum Gasteiger partial charge on any atom is -0.504 e. The van der Waals surface area contributed by atoms with Gasteiger partial charge in [-0.3, -0.25) is 9.59 Å². The summed E-state index contributed by atoms with van der Waals surface area (Å²) >= 11 is 0. The maximum atomic E-state index is 12.3. The van der Waals surface area contributed by atoms with E-state index in [0.717, 1.165) is 32.1 Å². The highest BCUT2D eigenvalue weighted by atomic mass is 16.3. The molecule has 38 heavy (non-hydrogen) atoms. The van der Waals surface area contributed by atoms with Crippen LogP contribution in [-0.2, 0) is 9.59 Å². The number of fused-ring (bicyclic) bond motifs is 5. The number of aromatic hydroxyl groups is 2. The van der Waals surface area contributed by atoms with E-state index in [1.54, 1.807) is 13.1 Å². The second-order valence-corrected chi connectivity index (χ2v) is 12.2. The third-order valence-corrected chi connectivity index (χ3v) is 10.2. The number of allylic oxidation sites excluding steroid dienone is 1. The summed E-state index contributed by atoms with van der Waals surface area (Å²) in [6, 6.07) is 4.26. The molecule has 3 fully saturated rings. The Hall–Kier alpha value is -2.26. The third-order valence-electron chi connectivity index (χ3n) is 10.2. The van der Waals surface area contributed by atoms with E-state index in [4.69, 9.17) is 10.2 Å². The number of phenols is 2. The van der Waals surface area contributed by atoms with Gasteiger partial charge in [0.25, 0.3) is 0 Å². The lowest BCUT2D eigenvalue weighted by Crippen LogP contribution is -2.57.